The molecule has 0 aliphatic heterocycles. The predicted octanol–water partition coefficient (Wildman–Crippen LogP) is 7.01. The number of allylic oxidation sites excluding steroid dienone is 8. The molecule has 0 saturated carbocycles. The van der Waals surface area contributed by atoms with Gasteiger partial charge in [-0.2, -0.15) is 0 Å². The lowest BCUT2D eigenvalue weighted by atomic mass is 10.2. The third-order valence-electron chi connectivity index (χ3n) is 4.42. The van der Waals surface area contributed by atoms with E-state index < -0.39 is 0 Å². The van der Waals surface area contributed by atoms with Gasteiger partial charge in [0.05, 0.1) is 0 Å². The number of carbonyl (C=O) groups is 1. The number of primary amides is 1. The van der Waals surface area contributed by atoms with Gasteiger partial charge in [-0.3, -0.25) is 4.79 Å². The Morgan fingerprint density at radius 3 is 1.66 bits per heavy atom. The lowest BCUT2D eigenvalue weighted by Gasteiger charge is -2.06. The zero-order valence-corrected chi connectivity index (χ0v) is 19.7. The summed E-state index contributed by atoms with van der Waals surface area (Å²) >= 11 is 0. The van der Waals surface area contributed by atoms with Crippen molar-refractivity contribution in [1.29, 1.82) is 0 Å². The summed E-state index contributed by atoms with van der Waals surface area (Å²) in [6.45, 7) is 9.85. The van der Waals surface area contributed by atoms with Crippen LogP contribution in [0.3, 0.4) is 0 Å². The molecule has 0 aromatic rings. The molecule has 0 radical (unpaired) electrons. The van der Waals surface area contributed by atoms with E-state index in [0.29, 0.717) is 12.5 Å². The van der Waals surface area contributed by atoms with Gasteiger partial charge in [-0.1, -0.05) is 82.2 Å². The van der Waals surface area contributed by atoms with Crippen molar-refractivity contribution < 1.29 is 4.79 Å². The molecule has 1 amide bonds. The molecular weight excluding hydrogens is 356 g/mol. The average Bonchev–Trinajstić information content (AvgIpc) is 2.70. The van der Waals surface area contributed by atoms with Crippen molar-refractivity contribution in [2.45, 2.75) is 104 Å². The number of nitrogens with two attached hydrogens (primary N) is 1. The minimum absolute atomic E-state index is 0.212. The van der Waals surface area contributed by atoms with E-state index in [1.165, 1.54) is 32.1 Å². The molecule has 0 aliphatic carbocycles. The van der Waals surface area contributed by atoms with Crippen molar-refractivity contribution in [2.24, 2.45) is 5.73 Å². The zero-order chi connectivity index (χ0) is 22.0. The Balaban J connectivity index is 0. The summed E-state index contributed by atoms with van der Waals surface area (Å²) in [5.74, 6) is -0.212. The van der Waals surface area contributed by atoms with Crippen LogP contribution in [-0.4, -0.2) is 18.5 Å². The molecule has 0 rings (SSSR count). The van der Waals surface area contributed by atoms with Crippen LogP contribution >= 0.6 is 0 Å². The van der Waals surface area contributed by atoms with Gasteiger partial charge in [-0.25, -0.2) is 0 Å². The van der Waals surface area contributed by atoms with Crippen LogP contribution in [0, 0.1) is 0 Å². The van der Waals surface area contributed by atoms with Gasteiger partial charge >= 0.3 is 0 Å². The molecule has 3 N–H and O–H groups in total. The molecule has 1 unspecified atom stereocenters. The fourth-order valence-electron chi connectivity index (χ4n) is 2.45. The Labute approximate surface area is 181 Å². The van der Waals surface area contributed by atoms with E-state index in [4.69, 9.17) is 5.73 Å². The highest BCUT2D eigenvalue weighted by molar-refractivity contribution is 5.73. The zero-order valence-electron chi connectivity index (χ0n) is 19.7. The lowest BCUT2D eigenvalue weighted by Crippen LogP contribution is -2.24. The molecule has 1 atom stereocenters. The first kappa shape index (κ1) is 29.6. The number of amides is 1. The van der Waals surface area contributed by atoms with Gasteiger partial charge in [0.15, 0.2) is 0 Å². The van der Waals surface area contributed by atoms with E-state index in [9.17, 15) is 4.79 Å². The molecule has 0 aromatic heterocycles. The standard InChI is InChI=1S/C20H33NO.C6H15N/c1-2-3-4-5-6-7-8-9-10-11-12-13-14-15-16-17-18-19-20(21)22;1-4-6(3)7-5-2/h6-7,9-10,12-13,15-16H,2-5,8,11,14,17-19H2,1H3,(H2,21,22);6-7H,4-5H2,1-3H3/b7-6-,10-9-,13-12-,16-15-;. The van der Waals surface area contributed by atoms with Gasteiger partial charge in [0.2, 0.25) is 5.91 Å². The van der Waals surface area contributed by atoms with Gasteiger partial charge < -0.3 is 11.1 Å². The second kappa shape index (κ2) is 26.4. The molecule has 0 bridgehead atoms. The van der Waals surface area contributed by atoms with Gasteiger partial charge in [0, 0.05) is 12.5 Å². The SMILES string of the molecule is CCCCC/C=C\C/C=C\C/C=C\C/C=C\CCCC(N)=O.CCNC(C)CC. The van der Waals surface area contributed by atoms with Crippen LogP contribution in [0.4, 0.5) is 0 Å². The Morgan fingerprint density at radius 1 is 0.793 bits per heavy atom. The summed E-state index contributed by atoms with van der Waals surface area (Å²) in [6, 6.07) is 0.699. The van der Waals surface area contributed by atoms with Crippen molar-refractivity contribution in [1.82, 2.24) is 5.32 Å². The molecule has 0 saturated heterocycles. The third-order valence-corrected chi connectivity index (χ3v) is 4.42. The number of unbranched alkanes of at least 4 members (excludes halogenated alkanes) is 4. The fraction of sp³-hybridized carbons (Fsp3) is 0.654. The van der Waals surface area contributed by atoms with Crippen LogP contribution in [-0.2, 0) is 4.79 Å². The summed E-state index contributed by atoms with van der Waals surface area (Å²) in [5.41, 5.74) is 5.07. The molecule has 0 aliphatic rings. The minimum atomic E-state index is -0.212. The fourth-order valence-corrected chi connectivity index (χ4v) is 2.45. The molecule has 168 valence electrons. The van der Waals surface area contributed by atoms with Gasteiger partial charge in [-0.15, -0.1) is 0 Å². The molecular formula is C26H48N2O. The predicted molar refractivity (Wildman–Crippen MR) is 131 cm³/mol. The summed E-state index contributed by atoms with van der Waals surface area (Å²) in [4.78, 5) is 10.5. The van der Waals surface area contributed by atoms with E-state index in [1.807, 2.05) is 0 Å². The molecule has 0 aromatic carbocycles. The van der Waals surface area contributed by atoms with Gasteiger partial charge in [0.25, 0.3) is 0 Å². The lowest BCUT2D eigenvalue weighted by molar-refractivity contribution is -0.118. The van der Waals surface area contributed by atoms with Crippen molar-refractivity contribution >= 4 is 5.91 Å². The van der Waals surface area contributed by atoms with Crippen LogP contribution in [0.25, 0.3) is 0 Å². The highest BCUT2D eigenvalue weighted by Gasteiger charge is 1.91. The normalized spacial score (nSPS) is 12.8. The minimum Gasteiger partial charge on any atom is -0.370 e. The Hall–Kier alpha value is -1.61. The van der Waals surface area contributed by atoms with Gasteiger partial charge in [0.1, 0.15) is 0 Å². The van der Waals surface area contributed by atoms with Crippen LogP contribution in [0.2, 0.25) is 0 Å². The van der Waals surface area contributed by atoms with Crippen molar-refractivity contribution in [3.63, 3.8) is 0 Å². The Kier molecular flexibility index (Phi) is 26.9. The number of carbonyl (C=O) groups excluding carboxylic acids is 1. The first-order valence-corrected chi connectivity index (χ1v) is 11.7. The monoisotopic (exact) mass is 404 g/mol. The maximum absolute atomic E-state index is 10.5. The van der Waals surface area contributed by atoms with Gasteiger partial charge in [-0.05, 0) is 64.8 Å². The summed E-state index contributed by atoms with van der Waals surface area (Å²) in [7, 11) is 0. The smallest absolute Gasteiger partial charge is 0.217 e. The highest BCUT2D eigenvalue weighted by Crippen LogP contribution is 2.01. The van der Waals surface area contributed by atoms with E-state index in [0.717, 1.165) is 38.6 Å². The molecule has 3 nitrogen and oxygen atoms in total. The maximum Gasteiger partial charge on any atom is 0.217 e. The van der Waals surface area contributed by atoms with Crippen molar-refractivity contribution in [3.05, 3.63) is 48.6 Å². The second-order valence-corrected chi connectivity index (χ2v) is 7.31. The quantitative estimate of drug-likeness (QED) is 0.202. The number of rotatable bonds is 17. The maximum atomic E-state index is 10.5. The van der Waals surface area contributed by atoms with E-state index in [1.54, 1.807) is 0 Å². The topological polar surface area (TPSA) is 55.1 Å². The average molecular weight is 405 g/mol. The van der Waals surface area contributed by atoms with E-state index >= 15 is 0 Å². The number of nitrogens with one attached hydrogen (secondary N) is 1. The molecule has 3 heteroatoms. The van der Waals surface area contributed by atoms with Crippen LogP contribution in [0.5, 0.6) is 0 Å². The Morgan fingerprint density at radius 2 is 1.28 bits per heavy atom. The highest BCUT2D eigenvalue weighted by atomic mass is 16.1. The largest absolute Gasteiger partial charge is 0.370 e. The van der Waals surface area contributed by atoms with Crippen molar-refractivity contribution in [2.75, 3.05) is 6.54 Å². The van der Waals surface area contributed by atoms with Crippen molar-refractivity contribution in [3.8, 4) is 0 Å². The molecule has 0 fully saturated rings. The summed E-state index contributed by atoms with van der Waals surface area (Å²) in [6.07, 6.45) is 29.3. The number of hydrogen-bond donors (Lipinski definition) is 2. The number of hydrogen-bond acceptors (Lipinski definition) is 2. The van der Waals surface area contributed by atoms with E-state index in [-0.39, 0.29) is 5.91 Å². The van der Waals surface area contributed by atoms with Crippen LogP contribution in [0.1, 0.15) is 98.3 Å². The van der Waals surface area contributed by atoms with Crippen LogP contribution in [0.15, 0.2) is 48.6 Å². The molecule has 29 heavy (non-hydrogen) atoms. The third kappa shape index (κ3) is 31.3. The van der Waals surface area contributed by atoms with E-state index in [2.05, 4.69) is 81.6 Å². The first-order chi connectivity index (χ1) is 14.1. The molecule has 0 spiro atoms. The summed E-state index contributed by atoms with van der Waals surface area (Å²) < 4.78 is 0. The first-order valence-electron chi connectivity index (χ1n) is 11.7. The van der Waals surface area contributed by atoms with Crippen LogP contribution < -0.4 is 11.1 Å². The Bertz CT molecular complexity index is 450. The summed E-state index contributed by atoms with van der Waals surface area (Å²) in [5, 5.41) is 3.30. The second-order valence-electron chi connectivity index (χ2n) is 7.31. The molecule has 0 heterocycles.